The molecule has 130 valence electrons. The lowest BCUT2D eigenvalue weighted by atomic mass is 10.2. The number of anilines is 1. The molecule has 25 heavy (non-hydrogen) atoms. The lowest BCUT2D eigenvalue weighted by Gasteiger charge is -2.10. The van der Waals surface area contributed by atoms with E-state index in [4.69, 9.17) is 12.2 Å². The Bertz CT molecular complexity index is 864. The molecule has 0 bridgehead atoms. The maximum atomic E-state index is 12.3. The Labute approximate surface area is 152 Å². The lowest BCUT2D eigenvalue weighted by molar-refractivity contribution is 0.0981. The topological polar surface area (TPSA) is 87.3 Å². The summed E-state index contributed by atoms with van der Waals surface area (Å²) in [6.07, 6.45) is 1.67. The first-order chi connectivity index (χ1) is 11.9. The Morgan fingerprint density at radius 2 is 1.72 bits per heavy atom. The molecule has 2 aromatic carbocycles. The number of carbonyl (C=O) groups excluding carboxylic acids is 1. The van der Waals surface area contributed by atoms with Crippen molar-refractivity contribution in [1.82, 2.24) is 10.0 Å². The third kappa shape index (κ3) is 5.40. The van der Waals surface area contributed by atoms with Gasteiger partial charge in [-0.1, -0.05) is 24.3 Å². The van der Waals surface area contributed by atoms with Crippen LogP contribution in [0.3, 0.4) is 0 Å². The molecule has 8 heteroatoms. The summed E-state index contributed by atoms with van der Waals surface area (Å²) in [5, 5.41) is 6.21. The van der Waals surface area contributed by atoms with Crippen LogP contribution in [-0.2, 0) is 10.0 Å². The van der Waals surface area contributed by atoms with Crippen molar-refractivity contribution < 1.29 is 13.2 Å². The molecule has 0 radical (unpaired) electrons. The summed E-state index contributed by atoms with van der Waals surface area (Å²) >= 11 is 5.07. The van der Waals surface area contributed by atoms with Crippen molar-refractivity contribution in [3.63, 3.8) is 0 Å². The van der Waals surface area contributed by atoms with Gasteiger partial charge in [0.1, 0.15) is 0 Å². The van der Waals surface area contributed by atoms with Gasteiger partial charge in [0, 0.05) is 17.8 Å². The summed E-state index contributed by atoms with van der Waals surface area (Å²) in [5.74, 6) is -0.683. The minimum absolute atomic E-state index is 0.0210. The van der Waals surface area contributed by atoms with Gasteiger partial charge >= 0.3 is 0 Å². The molecule has 0 fully saturated rings. The number of hydrogen-bond donors (Lipinski definition) is 3. The van der Waals surface area contributed by atoms with E-state index in [1.807, 2.05) is 4.72 Å². The van der Waals surface area contributed by atoms with Crippen molar-refractivity contribution in [3.05, 3.63) is 72.8 Å². The smallest absolute Gasteiger partial charge is 0.264 e. The summed E-state index contributed by atoms with van der Waals surface area (Å²) in [5.41, 5.74) is 0.887. The zero-order valence-electron chi connectivity index (χ0n) is 13.2. The van der Waals surface area contributed by atoms with Gasteiger partial charge in [-0.15, -0.1) is 6.58 Å². The zero-order chi connectivity index (χ0) is 18.3. The predicted molar refractivity (Wildman–Crippen MR) is 102 cm³/mol. The van der Waals surface area contributed by atoms with Crippen molar-refractivity contribution >= 4 is 38.9 Å². The number of nitrogens with one attached hydrogen (secondary N) is 3. The Kier molecular flexibility index (Phi) is 6.26. The number of rotatable bonds is 6. The van der Waals surface area contributed by atoms with Crippen molar-refractivity contribution in [2.75, 3.05) is 11.9 Å². The Morgan fingerprint density at radius 1 is 1.08 bits per heavy atom. The minimum atomic E-state index is -3.96. The molecule has 6 nitrogen and oxygen atoms in total. The van der Waals surface area contributed by atoms with Crippen LogP contribution >= 0.6 is 12.2 Å². The minimum Gasteiger partial charge on any atom is -0.359 e. The fourth-order valence-electron chi connectivity index (χ4n) is 1.89. The molecule has 3 N–H and O–H groups in total. The van der Waals surface area contributed by atoms with E-state index in [9.17, 15) is 13.2 Å². The second-order valence-corrected chi connectivity index (χ2v) is 7.04. The highest BCUT2D eigenvalue weighted by Crippen LogP contribution is 2.14. The van der Waals surface area contributed by atoms with E-state index in [0.717, 1.165) is 0 Å². The number of sulfonamides is 1. The van der Waals surface area contributed by atoms with Crippen molar-refractivity contribution in [2.24, 2.45) is 0 Å². The van der Waals surface area contributed by atoms with Crippen LogP contribution in [0.2, 0.25) is 0 Å². The molecule has 0 aliphatic heterocycles. The number of amides is 1. The van der Waals surface area contributed by atoms with E-state index in [0.29, 0.717) is 17.3 Å². The molecule has 0 spiro atoms. The molecule has 1 amide bonds. The van der Waals surface area contributed by atoms with Crippen LogP contribution in [0, 0.1) is 0 Å². The molecule has 2 rings (SSSR count). The first-order valence-electron chi connectivity index (χ1n) is 7.30. The third-order valence-electron chi connectivity index (χ3n) is 3.09. The maximum Gasteiger partial charge on any atom is 0.264 e. The molecule has 0 aromatic heterocycles. The van der Waals surface area contributed by atoms with Gasteiger partial charge in [0.05, 0.1) is 4.90 Å². The molecule has 0 atom stereocenters. The Morgan fingerprint density at radius 3 is 2.32 bits per heavy atom. The summed E-state index contributed by atoms with van der Waals surface area (Å²) in [6, 6.07) is 14.0. The fourth-order valence-corrected chi connectivity index (χ4v) is 3.06. The first-order valence-corrected chi connectivity index (χ1v) is 9.19. The van der Waals surface area contributed by atoms with Crippen LogP contribution in [0.4, 0.5) is 5.69 Å². The summed E-state index contributed by atoms with van der Waals surface area (Å²) in [7, 11) is -3.96. The van der Waals surface area contributed by atoms with Gasteiger partial charge in [-0.2, -0.15) is 0 Å². The monoisotopic (exact) mass is 375 g/mol. The SMILES string of the molecule is C=CCNC(=S)Nc1ccc(S(=O)(=O)NC(=O)c2ccccc2)cc1. The van der Waals surface area contributed by atoms with Gasteiger partial charge in [-0.3, -0.25) is 4.79 Å². The predicted octanol–water partition coefficient (Wildman–Crippen LogP) is 2.28. The number of thiocarbonyl (C=S) groups is 1. The molecular weight excluding hydrogens is 358 g/mol. The van der Waals surface area contributed by atoms with Crippen LogP contribution in [0.1, 0.15) is 10.4 Å². The number of benzene rings is 2. The van der Waals surface area contributed by atoms with Gasteiger partial charge < -0.3 is 10.6 Å². The first kappa shape index (κ1) is 18.6. The highest BCUT2D eigenvalue weighted by atomic mass is 32.2. The van der Waals surface area contributed by atoms with Crippen LogP contribution in [0.5, 0.6) is 0 Å². The van der Waals surface area contributed by atoms with Crippen LogP contribution in [0.25, 0.3) is 0 Å². The van der Waals surface area contributed by atoms with Crippen LogP contribution in [-0.4, -0.2) is 26.0 Å². The van der Waals surface area contributed by atoms with E-state index in [1.165, 1.54) is 24.3 Å². The van der Waals surface area contributed by atoms with Gasteiger partial charge in [0.15, 0.2) is 5.11 Å². The van der Waals surface area contributed by atoms with E-state index < -0.39 is 15.9 Å². The van der Waals surface area contributed by atoms with Crippen LogP contribution in [0.15, 0.2) is 72.1 Å². The molecular formula is C17H17N3O3S2. The third-order valence-corrected chi connectivity index (χ3v) is 4.69. The van der Waals surface area contributed by atoms with E-state index in [1.54, 1.807) is 36.4 Å². The van der Waals surface area contributed by atoms with Gasteiger partial charge in [-0.05, 0) is 48.6 Å². The van der Waals surface area contributed by atoms with Crippen molar-refractivity contribution in [1.29, 1.82) is 0 Å². The molecule has 0 aliphatic carbocycles. The second kappa shape index (κ2) is 8.41. The molecule has 0 aliphatic rings. The van der Waals surface area contributed by atoms with E-state index in [2.05, 4.69) is 17.2 Å². The maximum absolute atomic E-state index is 12.3. The number of hydrogen-bond acceptors (Lipinski definition) is 4. The average molecular weight is 375 g/mol. The second-order valence-electron chi connectivity index (χ2n) is 4.95. The summed E-state index contributed by atoms with van der Waals surface area (Å²) in [6.45, 7) is 4.09. The van der Waals surface area contributed by atoms with Gasteiger partial charge in [-0.25, -0.2) is 13.1 Å². The molecule has 2 aromatic rings. The standard InChI is InChI=1S/C17H17N3O3S2/c1-2-12-18-17(24)19-14-8-10-15(11-9-14)25(22,23)20-16(21)13-6-4-3-5-7-13/h2-11H,1,12H2,(H,20,21)(H2,18,19,24). The van der Waals surface area contributed by atoms with Crippen molar-refractivity contribution in [3.8, 4) is 0 Å². The Hall–Kier alpha value is -2.71. The molecule has 0 saturated carbocycles. The molecule has 0 heterocycles. The van der Waals surface area contributed by atoms with Crippen LogP contribution < -0.4 is 15.4 Å². The largest absolute Gasteiger partial charge is 0.359 e. The zero-order valence-corrected chi connectivity index (χ0v) is 14.9. The van der Waals surface area contributed by atoms with E-state index >= 15 is 0 Å². The quantitative estimate of drug-likeness (QED) is 0.530. The molecule has 0 unspecified atom stereocenters. The fraction of sp³-hybridized carbons (Fsp3) is 0.0588. The molecule has 0 saturated heterocycles. The van der Waals surface area contributed by atoms with Crippen molar-refractivity contribution in [2.45, 2.75) is 4.90 Å². The summed E-state index contributed by atoms with van der Waals surface area (Å²) < 4.78 is 26.6. The lowest BCUT2D eigenvalue weighted by Crippen LogP contribution is -2.30. The summed E-state index contributed by atoms with van der Waals surface area (Å²) in [4.78, 5) is 12.0. The number of carbonyl (C=O) groups is 1. The highest BCUT2D eigenvalue weighted by Gasteiger charge is 2.18. The van der Waals surface area contributed by atoms with Gasteiger partial charge in [0.2, 0.25) is 0 Å². The van der Waals surface area contributed by atoms with E-state index in [-0.39, 0.29) is 10.5 Å². The normalized spacial score (nSPS) is 10.6. The average Bonchev–Trinajstić information content (AvgIpc) is 2.61. The highest BCUT2D eigenvalue weighted by molar-refractivity contribution is 7.90. The van der Waals surface area contributed by atoms with Gasteiger partial charge in [0.25, 0.3) is 15.9 Å². The Balaban J connectivity index is 2.06.